The summed E-state index contributed by atoms with van der Waals surface area (Å²) in [6, 6.07) is 14.3. The summed E-state index contributed by atoms with van der Waals surface area (Å²) in [5.41, 5.74) is 2.07. The van der Waals surface area contributed by atoms with Gasteiger partial charge in [0.15, 0.2) is 11.5 Å². The van der Waals surface area contributed by atoms with Gasteiger partial charge in [-0.05, 0) is 43.4 Å². The van der Waals surface area contributed by atoms with Gasteiger partial charge < -0.3 is 10.2 Å². The summed E-state index contributed by atoms with van der Waals surface area (Å²) in [6.07, 6.45) is 3.85. The second-order valence-electron chi connectivity index (χ2n) is 8.34. The molecule has 4 rings (SSSR count). The topological polar surface area (TPSA) is 75.4 Å². The van der Waals surface area contributed by atoms with Crippen LogP contribution in [0.5, 0.6) is 0 Å². The molecule has 0 bridgehead atoms. The standard InChI is InChI=1S/C23H30N6O/c1-17(2)22-26-25-20-12-13-21(27-29(20)22)28-15-7-11-19(16-28)23(30)24-14-6-10-18-8-4-3-5-9-18/h3-5,8-9,12-13,17,19H,6-7,10-11,14-16H2,1-2H3,(H,24,30)/t19-/m1/s1. The highest BCUT2D eigenvalue weighted by molar-refractivity contribution is 5.79. The van der Waals surface area contributed by atoms with Crippen molar-refractivity contribution in [1.82, 2.24) is 25.1 Å². The monoisotopic (exact) mass is 406 g/mol. The quantitative estimate of drug-likeness (QED) is 0.610. The van der Waals surface area contributed by atoms with Crippen molar-refractivity contribution in [3.63, 3.8) is 0 Å². The van der Waals surface area contributed by atoms with Crippen molar-refractivity contribution < 1.29 is 4.79 Å². The first-order valence-electron chi connectivity index (χ1n) is 10.9. The van der Waals surface area contributed by atoms with E-state index in [4.69, 9.17) is 5.10 Å². The Morgan fingerprint density at radius 1 is 1.17 bits per heavy atom. The van der Waals surface area contributed by atoms with Gasteiger partial charge >= 0.3 is 0 Å². The summed E-state index contributed by atoms with van der Waals surface area (Å²) < 4.78 is 1.83. The van der Waals surface area contributed by atoms with Crippen LogP contribution in [0.2, 0.25) is 0 Å². The number of benzene rings is 1. The lowest BCUT2D eigenvalue weighted by atomic mass is 9.97. The molecule has 1 fully saturated rings. The van der Waals surface area contributed by atoms with Gasteiger partial charge in [-0.15, -0.1) is 15.3 Å². The molecule has 0 saturated carbocycles. The van der Waals surface area contributed by atoms with E-state index in [1.54, 1.807) is 0 Å². The fraction of sp³-hybridized carbons (Fsp3) is 0.478. The number of carbonyl (C=O) groups excluding carboxylic acids is 1. The van der Waals surface area contributed by atoms with Gasteiger partial charge in [0.1, 0.15) is 5.82 Å². The third-order valence-corrected chi connectivity index (χ3v) is 5.69. The Bertz CT molecular complexity index is 984. The molecule has 7 nitrogen and oxygen atoms in total. The number of anilines is 1. The van der Waals surface area contributed by atoms with E-state index in [1.165, 1.54) is 5.56 Å². The maximum Gasteiger partial charge on any atom is 0.224 e. The van der Waals surface area contributed by atoms with E-state index in [2.05, 4.69) is 58.5 Å². The zero-order chi connectivity index (χ0) is 20.9. The summed E-state index contributed by atoms with van der Waals surface area (Å²) in [4.78, 5) is 14.9. The predicted octanol–water partition coefficient (Wildman–Crippen LogP) is 3.21. The number of piperidine rings is 1. The Labute approximate surface area is 177 Å². The van der Waals surface area contributed by atoms with Gasteiger partial charge in [-0.1, -0.05) is 44.2 Å². The molecule has 1 amide bonds. The Morgan fingerprint density at radius 3 is 2.80 bits per heavy atom. The van der Waals surface area contributed by atoms with Crippen molar-refractivity contribution in [2.75, 3.05) is 24.5 Å². The maximum atomic E-state index is 12.7. The second-order valence-corrected chi connectivity index (χ2v) is 8.34. The highest BCUT2D eigenvalue weighted by Gasteiger charge is 2.27. The van der Waals surface area contributed by atoms with Crippen molar-refractivity contribution in [2.45, 2.75) is 45.4 Å². The first kappa shape index (κ1) is 20.3. The number of nitrogens with zero attached hydrogens (tertiary/aromatic N) is 5. The molecule has 1 aliphatic rings. The normalized spacial score (nSPS) is 16.9. The maximum absolute atomic E-state index is 12.7. The number of aryl methyl sites for hydroxylation is 1. The molecule has 1 N–H and O–H groups in total. The smallest absolute Gasteiger partial charge is 0.224 e. The lowest BCUT2D eigenvalue weighted by Gasteiger charge is -2.32. The lowest BCUT2D eigenvalue weighted by Crippen LogP contribution is -2.43. The highest BCUT2D eigenvalue weighted by Crippen LogP contribution is 2.23. The van der Waals surface area contributed by atoms with Crippen molar-refractivity contribution >= 4 is 17.4 Å². The SMILES string of the molecule is CC(C)c1nnc2ccc(N3CCC[C@@H](C(=O)NCCCc4ccccc4)C3)nn12. The number of amides is 1. The Balaban J connectivity index is 1.34. The van der Waals surface area contributed by atoms with Crippen molar-refractivity contribution in [3.05, 3.63) is 53.9 Å². The molecule has 3 aromatic rings. The average molecular weight is 407 g/mol. The second kappa shape index (κ2) is 9.24. The molecule has 3 heterocycles. The van der Waals surface area contributed by atoms with Gasteiger partial charge in [-0.25, -0.2) is 0 Å². The largest absolute Gasteiger partial charge is 0.356 e. The molecule has 0 radical (unpaired) electrons. The third-order valence-electron chi connectivity index (χ3n) is 5.69. The summed E-state index contributed by atoms with van der Waals surface area (Å²) in [7, 11) is 0. The van der Waals surface area contributed by atoms with Crippen LogP contribution < -0.4 is 10.2 Å². The first-order chi connectivity index (χ1) is 14.6. The zero-order valence-electron chi connectivity index (χ0n) is 17.8. The van der Waals surface area contributed by atoms with Crippen molar-refractivity contribution in [3.8, 4) is 0 Å². The van der Waals surface area contributed by atoms with Crippen LogP contribution in [0.15, 0.2) is 42.5 Å². The molecule has 0 aliphatic carbocycles. The minimum absolute atomic E-state index is 0.00143. The van der Waals surface area contributed by atoms with E-state index >= 15 is 0 Å². The van der Waals surface area contributed by atoms with Crippen LogP contribution in [0.3, 0.4) is 0 Å². The zero-order valence-corrected chi connectivity index (χ0v) is 17.8. The molecule has 1 saturated heterocycles. The fourth-order valence-electron chi connectivity index (χ4n) is 4.02. The van der Waals surface area contributed by atoms with Crippen molar-refractivity contribution in [2.24, 2.45) is 5.92 Å². The summed E-state index contributed by atoms with van der Waals surface area (Å²) in [5, 5.41) is 16.4. The molecule has 30 heavy (non-hydrogen) atoms. The molecule has 0 spiro atoms. The van der Waals surface area contributed by atoms with E-state index in [1.807, 2.05) is 22.7 Å². The van der Waals surface area contributed by atoms with E-state index < -0.39 is 0 Å². The van der Waals surface area contributed by atoms with Crippen LogP contribution >= 0.6 is 0 Å². The third kappa shape index (κ3) is 4.61. The number of nitrogens with one attached hydrogen (secondary N) is 1. The number of rotatable bonds is 7. The molecule has 1 atom stereocenters. The van der Waals surface area contributed by atoms with Crippen molar-refractivity contribution in [1.29, 1.82) is 0 Å². The molecule has 158 valence electrons. The van der Waals surface area contributed by atoms with Gasteiger partial charge in [-0.3, -0.25) is 4.79 Å². The number of aromatic nitrogens is 4. The van der Waals surface area contributed by atoms with Gasteiger partial charge in [0.2, 0.25) is 5.91 Å². The van der Waals surface area contributed by atoms with Gasteiger partial charge in [-0.2, -0.15) is 4.52 Å². The molecular formula is C23H30N6O. The number of fused-ring (bicyclic) bond motifs is 1. The Morgan fingerprint density at radius 2 is 2.00 bits per heavy atom. The summed E-state index contributed by atoms with van der Waals surface area (Å²) in [6.45, 7) is 6.50. The molecule has 1 aliphatic heterocycles. The first-order valence-corrected chi connectivity index (χ1v) is 10.9. The van der Waals surface area contributed by atoms with E-state index in [0.29, 0.717) is 13.1 Å². The number of carbonyl (C=O) groups is 1. The number of hydrogen-bond acceptors (Lipinski definition) is 5. The molecule has 0 unspecified atom stereocenters. The predicted molar refractivity (Wildman–Crippen MR) is 118 cm³/mol. The number of hydrogen-bond donors (Lipinski definition) is 1. The van der Waals surface area contributed by atoms with Crippen LogP contribution in [0, 0.1) is 5.92 Å². The van der Waals surface area contributed by atoms with Gasteiger partial charge in [0.05, 0.1) is 5.92 Å². The molecule has 1 aromatic carbocycles. The Kier molecular flexibility index (Phi) is 6.26. The van der Waals surface area contributed by atoms with Crippen LogP contribution in [-0.2, 0) is 11.2 Å². The minimum atomic E-state index is -0.00143. The minimum Gasteiger partial charge on any atom is -0.356 e. The summed E-state index contributed by atoms with van der Waals surface area (Å²) in [5.74, 6) is 2.14. The molecule has 2 aromatic heterocycles. The van der Waals surface area contributed by atoms with Crippen LogP contribution in [-0.4, -0.2) is 45.4 Å². The van der Waals surface area contributed by atoms with E-state index in [0.717, 1.165) is 49.5 Å². The van der Waals surface area contributed by atoms with E-state index in [9.17, 15) is 4.79 Å². The molecule has 7 heteroatoms. The van der Waals surface area contributed by atoms with Crippen LogP contribution in [0.25, 0.3) is 5.65 Å². The lowest BCUT2D eigenvalue weighted by molar-refractivity contribution is -0.125. The van der Waals surface area contributed by atoms with Gasteiger partial charge in [0.25, 0.3) is 0 Å². The fourth-order valence-corrected chi connectivity index (χ4v) is 4.02. The van der Waals surface area contributed by atoms with Gasteiger partial charge in [0, 0.05) is 25.6 Å². The van der Waals surface area contributed by atoms with Crippen LogP contribution in [0.1, 0.15) is 50.4 Å². The van der Waals surface area contributed by atoms with E-state index in [-0.39, 0.29) is 17.7 Å². The van der Waals surface area contributed by atoms with Crippen LogP contribution in [0.4, 0.5) is 5.82 Å². The summed E-state index contributed by atoms with van der Waals surface area (Å²) >= 11 is 0. The highest BCUT2D eigenvalue weighted by atomic mass is 16.1. The Hall–Kier alpha value is -2.96. The molecular weight excluding hydrogens is 376 g/mol. The average Bonchev–Trinajstić information content (AvgIpc) is 3.21.